The maximum Gasteiger partial charge on any atom is 0.328 e. The number of nitrogens with one attached hydrogen (secondary N) is 3. The molecule has 0 saturated carbocycles. The maximum atomic E-state index is 12.1. The van der Waals surface area contributed by atoms with Crippen LogP contribution >= 0.6 is 0 Å². The van der Waals surface area contributed by atoms with Gasteiger partial charge in [-0.05, 0) is 32.4 Å². The van der Waals surface area contributed by atoms with Crippen molar-refractivity contribution in [2.75, 3.05) is 0 Å². The number of aryl methyl sites for hydroxylation is 1. The molecule has 0 spiro atoms. The number of fused-ring (bicyclic) bond motifs is 1. The van der Waals surface area contributed by atoms with Crippen molar-refractivity contribution in [3.05, 3.63) is 45.1 Å². The van der Waals surface area contributed by atoms with Gasteiger partial charge in [-0.15, -0.1) is 0 Å². The molecule has 0 aliphatic heterocycles. The first-order chi connectivity index (χ1) is 12.3. The van der Waals surface area contributed by atoms with Crippen LogP contribution < -0.4 is 21.9 Å². The standard InChI is InChI=1S/C18H24N4O4/c1-4-11(2)19-16(24)12(3)20-15(23)9-10-22-14-8-6-5-7-13(14)17(25)21-18(22)26/h5-8,11-12H,4,9-10H2,1-3H3,(H,19,24)(H,20,23)(H,21,25,26). The number of carbonyl (C=O) groups is 2. The number of H-pyrrole nitrogens is 1. The molecule has 8 nitrogen and oxygen atoms in total. The smallest absolute Gasteiger partial charge is 0.328 e. The average molecular weight is 360 g/mol. The van der Waals surface area contributed by atoms with Crippen LogP contribution in [0, 0.1) is 0 Å². The van der Waals surface area contributed by atoms with Gasteiger partial charge in [0.2, 0.25) is 11.8 Å². The first-order valence-corrected chi connectivity index (χ1v) is 8.65. The summed E-state index contributed by atoms with van der Waals surface area (Å²) in [5.41, 5.74) is -0.553. The Morgan fingerprint density at radius 2 is 1.85 bits per heavy atom. The monoisotopic (exact) mass is 360 g/mol. The van der Waals surface area contributed by atoms with Gasteiger partial charge in [0.1, 0.15) is 6.04 Å². The van der Waals surface area contributed by atoms with Crippen molar-refractivity contribution in [3.63, 3.8) is 0 Å². The molecule has 2 unspecified atom stereocenters. The molecule has 1 heterocycles. The number of benzene rings is 1. The maximum absolute atomic E-state index is 12.1. The molecule has 0 fully saturated rings. The van der Waals surface area contributed by atoms with Crippen LogP contribution in [0.25, 0.3) is 10.9 Å². The van der Waals surface area contributed by atoms with E-state index in [1.54, 1.807) is 31.2 Å². The topological polar surface area (TPSA) is 113 Å². The molecule has 0 radical (unpaired) electrons. The second-order valence-electron chi connectivity index (χ2n) is 6.29. The highest BCUT2D eigenvalue weighted by Gasteiger charge is 2.17. The van der Waals surface area contributed by atoms with Crippen LogP contribution in [-0.2, 0) is 16.1 Å². The van der Waals surface area contributed by atoms with E-state index in [2.05, 4.69) is 15.6 Å². The normalized spacial score (nSPS) is 13.2. The highest BCUT2D eigenvalue weighted by molar-refractivity contribution is 5.87. The van der Waals surface area contributed by atoms with Gasteiger partial charge in [0.15, 0.2) is 0 Å². The van der Waals surface area contributed by atoms with Gasteiger partial charge in [-0.25, -0.2) is 4.79 Å². The van der Waals surface area contributed by atoms with Gasteiger partial charge in [0.05, 0.1) is 10.9 Å². The second-order valence-corrected chi connectivity index (χ2v) is 6.29. The first kappa shape index (κ1) is 19.4. The van der Waals surface area contributed by atoms with Crippen LogP contribution in [0.4, 0.5) is 0 Å². The molecule has 3 N–H and O–H groups in total. The zero-order valence-electron chi connectivity index (χ0n) is 15.2. The van der Waals surface area contributed by atoms with Gasteiger partial charge in [0, 0.05) is 19.0 Å². The van der Waals surface area contributed by atoms with E-state index in [0.717, 1.165) is 6.42 Å². The van der Waals surface area contributed by atoms with Crippen LogP contribution in [-0.4, -0.2) is 33.4 Å². The highest BCUT2D eigenvalue weighted by atomic mass is 16.2. The minimum atomic E-state index is -0.666. The Hall–Kier alpha value is -2.90. The average Bonchev–Trinajstić information content (AvgIpc) is 2.61. The third kappa shape index (κ3) is 4.59. The van der Waals surface area contributed by atoms with Crippen LogP contribution in [0.5, 0.6) is 0 Å². The van der Waals surface area contributed by atoms with Gasteiger partial charge in [0.25, 0.3) is 5.56 Å². The van der Waals surface area contributed by atoms with E-state index in [9.17, 15) is 19.2 Å². The van der Waals surface area contributed by atoms with Crippen LogP contribution in [0.1, 0.15) is 33.6 Å². The highest BCUT2D eigenvalue weighted by Crippen LogP contribution is 2.07. The number of aromatic nitrogens is 2. The zero-order chi connectivity index (χ0) is 19.3. The molecule has 2 atom stereocenters. The second kappa shape index (κ2) is 8.46. The number of carbonyl (C=O) groups excluding carboxylic acids is 2. The van der Waals surface area contributed by atoms with Gasteiger partial charge in [-0.2, -0.15) is 0 Å². The van der Waals surface area contributed by atoms with Crippen LogP contribution in [0.15, 0.2) is 33.9 Å². The lowest BCUT2D eigenvalue weighted by Gasteiger charge is -2.17. The summed E-state index contributed by atoms with van der Waals surface area (Å²) in [5.74, 6) is -0.599. The Labute approximate surface area is 150 Å². The van der Waals surface area contributed by atoms with E-state index in [-0.39, 0.29) is 30.8 Å². The summed E-state index contributed by atoms with van der Waals surface area (Å²) in [5, 5.41) is 5.80. The van der Waals surface area contributed by atoms with Gasteiger partial charge >= 0.3 is 5.69 Å². The lowest BCUT2D eigenvalue weighted by Crippen LogP contribution is -2.47. The molecule has 2 rings (SSSR count). The molecule has 2 aromatic rings. The van der Waals surface area contributed by atoms with E-state index < -0.39 is 17.3 Å². The number of hydrogen-bond acceptors (Lipinski definition) is 4. The summed E-state index contributed by atoms with van der Waals surface area (Å²) in [6.45, 7) is 5.55. The molecule has 2 amide bonds. The van der Waals surface area contributed by atoms with E-state index in [1.165, 1.54) is 4.57 Å². The Bertz CT molecular complexity index is 915. The third-order valence-electron chi connectivity index (χ3n) is 4.24. The summed E-state index contributed by atoms with van der Waals surface area (Å²) in [7, 11) is 0. The largest absolute Gasteiger partial charge is 0.352 e. The third-order valence-corrected chi connectivity index (χ3v) is 4.24. The molecular weight excluding hydrogens is 336 g/mol. The summed E-state index contributed by atoms with van der Waals surface area (Å²) in [4.78, 5) is 50.2. The van der Waals surface area contributed by atoms with Crippen molar-refractivity contribution in [1.82, 2.24) is 20.2 Å². The molecule has 0 aliphatic carbocycles. The SMILES string of the molecule is CCC(C)NC(=O)C(C)NC(=O)CCn1c(=O)[nH]c(=O)c2ccccc21. The van der Waals surface area contributed by atoms with Crippen molar-refractivity contribution in [2.24, 2.45) is 0 Å². The van der Waals surface area contributed by atoms with Crippen molar-refractivity contribution >= 4 is 22.7 Å². The van der Waals surface area contributed by atoms with Gasteiger partial charge < -0.3 is 10.6 Å². The molecule has 1 aromatic heterocycles. The predicted molar refractivity (Wildman–Crippen MR) is 98.9 cm³/mol. The van der Waals surface area contributed by atoms with Crippen molar-refractivity contribution in [3.8, 4) is 0 Å². The number of amides is 2. The van der Waals surface area contributed by atoms with Crippen molar-refractivity contribution in [2.45, 2.75) is 52.2 Å². The molecule has 1 aromatic carbocycles. The number of para-hydroxylation sites is 1. The van der Waals surface area contributed by atoms with Crippen molar-refractivity contribution < 1.29 is 9.59 Å². The Morgan fingerprint density at radius 1 is 1.15 bits per heavy atom. The molecule has 8 heteroatoms. The number of aromatic amines is 1. The molecule has 0 saturated heterocycles. The number of rotatable bonds is 7. The predicted octanol–water partition coefficient (Wildman–Crippen LogP) is 0.499. The van der Waals surface area contributed by atoms with Crippen LogP contribution in [0.3, 0.4) is 0 Å². The summed E-state index contributed by atoms with van der Waals surface area (Å²) >= 11 is 0. The van der Waals surface area contributed by atoms with E-state index in [1.807, 2.05) is 13.8 Å². The van der Waals surface area contributed by atoms with Crippen LogP contribution in [0.2, 0.25) is 0 Å². The summed E-state index contributed by atoms with van der Waals surface area (Å²) in [6, 6.07) is 6.07. The van der Waals surface area contributed by atoms with E-state index in [0.29, 0.717) is 10.9 Å². The van der Waals surface area contributed by atoms with E-state index in [4.69, 9.17) is 0 Å². The summed E-state index contributed by atoms with van der Waals surface area (Å²) in [6.07, 6.45) is 0.811. The lowest BCUT2D eigenvalue weighted by molar-refractivity contribution is -0.129. The zero-order valence-corrected chi connectivity index (χ0v) is 15.2. The van der Waals surface area contributed by atoms with Gasteiger partial charge in [-0.1, -0.05) is 19.1 Å². The number of nitrogens with zero attached hydrogens (tertiary/aromatic N) is 1. The molecule has 0 bridgehead atoms. The quantitative estimate of drug-likeness (QED) is 0.667. The fourth-order valence-electron chi connectivity index (χ4n) is 2.53. The summed E-state index contributed by atoms with van der Waals surface area (Å²) < 4.78 is 1.35. The van der Waals surface area contributed by atoms with E-state index >= 15 is 0 Å². The number of hydrogen-bond donors (Lipinski definition) is 3. The fraction of sp³-hybridized carbons (Fsp3) is 0.444. The minimum absolute atomic E-state index is 0.0108. The Morgan fingerprint density at radius 3 is 2.54 bits per heavy atom. The Balaban J connectivity index is 2.04. The van der Waals surface area contributed by atoms with Gasteiger partial charge in [-0.3, -0.25) is 23.9 Å². The van der Waals surface area contributed by atoms with Crippen molar-refractivity contribution in [1.29, 1.82) is 0 Å². The Kier molecular flexibility index (Phi) is 6.32. The molecule has 26 heavy (non-hydrogen) atoms. The minimum Gasteiger partial charge on any atom is -0.352 e. The fourth-order valence-corrected chi connectivity index (χ4v) is 2.53. The lowest BCUT2D eigenvalue weighted by atomic mass is 10.2. The molecule has 140 valence electrons. The first-order valence-electron chi connectivity index (χ1n) is 8.65. The molecule has 0 aliphatic rings. The molecular formula is C18H24N4O4.